The summed E-state index contributed by atoms with van der Waals surface area (Å²) < 4.78 is 13.2. The van der Waals surface area contributed by atoms with Gasteiger partial charge in [-0.3, -0.25) is 4.90 Å². The van der Waals surface area contributed by atoms with E-state index in [1.54, 1.807) is 12.1 Å². The lowest BCUT2D eigenvalue weighted by molar-refractivity contribution is 0.191. The first-order chi connectivity index (χ1) is 8.72. The molecule has 3 heteroatoms. The van der Waals surface area contributed by atoms with Crippen LogP contribution in [0.3, 0.4) is 0 Å². The van der Waals surface area contributed by atoms with Crippen molar-refractivity contribution in [2.24, 2.45) is 0 Å². The van der Waals surface area contributed by atoms with Gasteiger partial charge in [0, 0.05) is 19.2 Å². The molecule has 0 bridgehead atoms. The van der Waals surface area contributed by atoms with Crippen molar-refractivity contribution < 1.29 is 9.50 Å². The zero-order valence-corrected chi connectivity index (χ0v) is 11.0. The Balaban J connectivity index is 1.95. The van der Waals surface area contributed by atoms with Crippen LogP contribution in [0.5, 0.6) is 0 Å². The third-order valence-corrected chi connectivity index (χ3v) is 3.87. The fourth-order valence-electron chi connectivity index (χ4n) is 2.76. The van der Waals surface area contributed by atoms with Gasteiger partial charge in [0.15, 0.2) is 0 Å². The Morgan fingerprint density at radius 1 is 1.33 bits per heavy atom. The Bertz CT molecular complexity index is 394. The molecule has 100 valence electrons. The van der Waals surface area contributed by atoms with Gasteiger partial charge in [-0.05, 0) is 62.4 Å². The van der Waals surface area contributed by atoms with Crippen molar-refractivity contribution in [1.29, 1.82) is 0 Å². The molecule has 1 atom stereocenters. The zero-order valence-electron chi connectivity index (χ0n) is 11.0. The maximum Gasteiger partial charge on any atom is 0.123 e. The van der Waals surface area contributed by atoms with E-state index < -0.39 is 0 Å². The summed E-state index contributed by atoms with van der Waals surface area (Å²) in [5.74, 6) is -0.127. The van der Waals surface area contributed by atoms with Crippen molar-refractivity contribution in [3.63, 3.8) is 0 Å². The molecule has 2 nitrogen and oxygen atoms in total. The molecule has 18 heavy (non-hydrogen) atoms. The van der Waals surface area contributed by atoms with Gasteiger partial charge in [0.1, 0.15) is 5.82 Å². The molecular weight excluding hydrogens is 229 g/mol. The van der Waals surface area contributed by atoms with E-state index in [2.05, 4.69) is 11.8 Å². The number of nitrogens with zero attached hydrogens (tertiary/aromatic N) is 1. The van der Waals surface area contributed by atoms with E-state index in [9.17, 15) is 4.39 Å². The minimum Gasteiger partial charge on any atom is -0.396 e. The lowest BCUT2D eigenvalue weighted by atomic mass is 9.93. The molecule has 1 aliphatic rings. The van der Waals surface area contributed by atoms with E-state index in [4.69, 9.17) is 5.11 Å². The second-order valence-electron chi connectivity index (χ2n) is 5.09. The third kappa shape index (κ3) is 3.09. The fourth-order valence-corrected chi connectivity index (χ4v) is 2.76. The van der Waals surface area contributed by atoms with Crippen molar-refractivity contribution in [2.45, 2.75) is 38.6 Å². The summed E-state index contributed by atoms with van der Waals surface area (Å²) in [5.41, 5.74) is 2.43. The predicted octanol–water partition coefficient (Wildman–Crippen LogP) is 2.91. The van der Waals surface area contributed by atoms with Crippen LogP contribution in [0.2, 0.25) is 0 Å². The van der Waals surface area contributed by atoms with Crippen LogP contribution >= 0.6 is 0 Å². The Labute approximate surface area is 108 Å². The lowest BCUT2D eigenvalue weighted by Crippen LogP contribution is -2.34. The van der Waals surface area contributed by atoms with Crippen LogP contribution in [0, 0.1) is 5.82 Å². The standard InChI is InChI=1S/C15H22FNO/c1-12-15-6-5-14(16)11-13(15)7-9-17(12)8-3-2-4-10-18/h5-6,11-12,18H,2-4,7-10H2,1H3. The Morgan fingerprint density at radius 3 is 2.94 bits per heavy atom. The number of aliphatic hydroxyl groups is 1. The van der Waals surface area contributed by atoms with E-state index in [-0.39, 0.29) is 12.4 Å². The van der Waals surface area contributed by atoms with Crippen molar-refractivity contribution in [3.8, 4) is 0 Å². The van der Waals surface area contributed by atoms with E-state index in [1.807, 2.05) is 6.07 Å². The summed E-state index contributed by atoms with van der Waals surface area (Å²) in [6, 6.07) is 5.54. The number of aliphatic hydroxyl groups excluding tert-OH is 1. The van der Waals surface area contributed by atoms with Crippen molar-refractivity contribution in [1.82, 2.24) is 4.90 Å². The fraction of sp³-hybridized carbons (Fsp3) is 0.600. The predicted molar refractivity (Wildman–Crippen MR) is 71.0 cm³/mol. The Kier molecular flexibility index (Phi) is 4.72. The molecule has 0 aliphatic carbocycles. The summed E-state index contributed by atoms with van der Waals surface area (Å²) in [6.45, 7) is 4.56. The van der Waals surface area contributed by atoms with Gasteiger partial charge in [-0.15, -0.1) is 0 Å². The Hall–Kier alpha value is -0.930. The summed E-state index contributed by atoms with van der Waals surface area (Å²) >= 11 is 0. The molecule has 1 aliphatic heterocycles. The third-order valence-electron chi connectivity index (χ3n) is 3.87. The van der Waals surface area contributed by atoms with Gasteiger partial charge in [-0.2, -0.15) is 0 Å². The van der Waals surface area contributed by atoms with E-state index in [1.165, 1.54) is 5.56 Å². The first-order valence-corrected chi connectivity index (χ1v) is 6.85. The maximum absolute atomic E-state index is 13.2. The molecule has 0 amide bonds. The molecule has 1 N–H and O–H groups in total. The number of hydrogen-bond acceptors (Lipinski definition) is 2. The van der Waals surface area contributed by atoms with Crippen LogP contribution < -0.4 is 0 Å². The van der Waals surface area contributed by atoms with Crippen LogP contribution in [0.1, 0.15) is 43.4 Å². The number of fused-ring (bicyclic) bond motifs is 1. The van der Waals surface area contributed by atoms with Gasteiger partial charge < -0.3 is 5.11 Å². The zero-order chi connectivity index (χ0) is 13.0. The number of benzene rings is 1. The lowest BCUT2D eigenvalue weighted by Gasteiger charge is -2.35. The van der Waals surface area contributed by atoms with Gasteiger partial charge in [0.2, 0.25) is 0 Å². The molecule has 1 aromatic carbocycles. The van der Waals surface area contributed by atoms with Crippen LogP contribution in [0.4, 0.5) is 4.39 Å². The van der Waals surface area contributed by atoms with Gasteiger partial charge in [-0.25, -0.2) is 4.39 Å². The largest absolute Gasteiger partial charge is 0.396 e. The second kappa shape index (κ2) is 6.30. The molecule has 0 saturated heterocycles. The number of halogens is 1. The molecule has 0 spiro atoms. The average molecular weight is 251 g/mol. The van der Waals surface area contributed by atoms with E-state index in [0.717, 1.165) is 44.3 Å². The van der Waals surface area contributed by atoms with Crippen molar-refractivity contribution in [3.05, 3.63) is 35.1 Å². The first-order valence-electron chi connectivity index (χ1n) is 6.85. The number of rotatable bonds is 5. The first kappa shape index (κ1) is 13.5. The van der Waals surface area contributed by atoms with Gasteiger partial charge in [0.25, 0.3) is 0 Å². The van der Waals surface area contributed by atoms with Crippen LogP contribution in [0.25, 0.3) is 0 Å². The van der Waals surface area contributed by atoms with Gasteiger partial charge >= 0.3 is 0 Å². The summed E-state index contributed by atoms with van der Waals surface area (Å²) in [6.07, 6.45) is 4.04. The molecule has 0 saturated carbocycles. The minimum atomic E-state index is -0.127. The van der Waals surface area contributed by atoms with Gasteiger partial charge in [0.05, 0.1) is 0 Å². The second-order valence-corrected chi connectivity index (χ2v) is 5.09. The summed E-state index contributed by atoms with van der Waals surface area (Å²) in [4.78, 5) is 2.46. The van der Waals surface area contributed by atoms with Crippen molar-refractivity contribution >= 4 is 0 Å². The normalized spacial score (nSPS) is 19.8. The van der Waals surface area contributed by atoms with Crippen LogP contribution in [-0.4, -0.2) is 29.7 Å². The Morgan fingerprint density at radius 2 is 2.17 bits per heavy atom. The quantitative estimate of drug-likeness (QED) is 0.813. The van der Waals surface area contributed by atoms with Crippen LogP contribution in [-0.2, 0) is 6.42 Å². The highest BCUT2D eigenvalue weighted by atomic mass is 19.1. The molecule has 1 heterocycles. The minimum absolute atomic E-state index is 0.127. The molecule has 1 aromatic rings. The highest BCUT2D eigenvalue weighted by Gasteiger charge is 2.23. The number of hydrogen-bond donors (Lipinski definition) is 1. The maximum atomic E-state index is 13.2. The molecule has 2 rings (SSSR count). The summed E-state index contributed by atoms with van der Waals surface area (Å²) in [7, 11) is 0. The van der Waals surface area contributed by atoms with Crippen molar-refractivity contribution in [2.75, 3.05) is 19.7 Å². The molecule has 1 unspecified atom stereocenters. The molecule has 0 fully saturated rings. The highest BCUT2D eigenvalue weighted by Crippen LogP contribution is 2.29. The smallest absolute Gasteiger partial charge is 0.123 e. The monoisotopic (exact) mass is 251 g/mol. The molecule has 0 aromatic heterocycles. The van der Waals surface area contributed by atoms with Crippen LogP contribution in [0.15, 0.2) is 18.2 Å². The highest BCUT2D eigenvalue weighted by molar-refractivity contribution is 5.32. The topological polar surface area (TPSA) is 23.5 Å². The average Bonchev–Trinajstić information content (AvgIpc) is 2.37. The SMILES string of the molecule is CC1c2ccc(F)cc2CCN1CCCCCO. The number of unbranched alkanes of at least 4 members (excludes halogenated alkanes) is 2. The van der Waals surface area contributed by atoms with E-state index >= 15 is 0 Å². The van der Waals surface area contributed by atoms with E-state index in [0.29, 0.717) is 6.04 Å². The van der Waals surface area contributed by atoms with Gasteiger partial charge in [-0.1, -0.05) is 6.07 Å². The molecular formula is C15H22FNO. The molecule has 0 radical (unpaired) electrons. The summed E-state index contributed by atoms with van der Waals surface area (Å²) in [5, 5.41) is 8.76.